The number of carbonyl (C=O) groups is 1. The van der Waals surface area contributed by atoms with E-state index in [-0.39, 0.29) is 0 Å². The van der Waals surface area contributed by atoms with Crippen molar-refractivity contribution >= 4 is 29.1 Å². The van der Waals surface area contributed by atoms with Gasteiger partial charge in [-0.15, -0.1) is 11.3 Å². The highest BCUT2D eigenvalue weighted by Crippen LogP contribution is 2.24. The van der Waals surface area contributed by atoms with Crippen molar-refractivity contribution in [2.24, 2.45) is 0 Å². The van der Waals surface area contributed by atoms with Crippen molar-refractivity contribution in [2.75, 3.05) is 11.9 Å². The highest BCUT2D eigenvalue weighted by Gasteiger charge is 2.09. The molecule has 0 saturated heterocycles. The molecule has 5 heteroatoms. The molecule has 0 aliphatic rings. The fraction of sp³-hybridized carbons (Fsp3) is 0.250. The van der Waals surface area contributed by atoms with Crippen LogP contribution in [0, 0.1) is 13.8 Å². The lowest BCUT2D eigenvalue weighted by Gasteiger charge is -2.21. The molecule has 0 radical (unpaired) electrons. The van der Waals surface area contributed by atoms with Crippen LogP contribution in [0.2, 0.25) is 0 Å². The maximum absolute atomic E-state index is 10.5. The second-order valence-corrected chi connectivity index (χ2v) is 5.87. The maximum Gasteiger partial charge on any atom is 0.328 e. The third kappa shape index (κ3) is 3.92. The highest BCUT2D eigenvalue weighted by atomic mass is 32.1. The van der Waals surface area contributed by atoms with E-state index in [9.17, 15) is 4.79 Å². The largest absolute Gasteiger partial charge is 0.478 e. The lowest BCUT2D eigenvalue weighted by atomic mass is 10.1. The monoisotopic (exact) mass is 302 g/mol. The van der Waals surface area contributed by atoms with Crippen molar-refractivity contribution in [3.63, 3.8) is 0 Å². The fourth-order valence-electron chi connectivity index (χ4n) is 2.16. The smallest absolute Gasteiger partial charge is 0.328 e. The Morgan fingerprint density at radius 2 is 2.19 bits per heavy atom. The van der Waals surface area contributed by atoms with Gasteiger partial charge in [-0.2, -0.15) is 0 Å². The van der Waals surface area contributed by atoms with Gasteiger partial charge in [-0.05, 0) is 43.2 Å². The number of rotatable bonds is 5. The lowest BCUT2D eigenvalue weighted by molar-refractivity contribution is -0.131. The summed E-state index contributed by atoms with van der Waals surface area (Å²) in [4.78, 5) is 18.2. The van der Waals surface area contributed by atoms with Crippen molar-refractivity contribution < 1.29 is 9.90 Å². The molecule has 2 aromatic rings. The van der Waals surface area contributed by atoms with Gasteiger partial charge in [0.05, 0.1) is 17.7 Å². The zero-order valence-corrected chi connectivity index (χ0v) is 13.1. The van der Waals surface area contributed by atoms with Crippen LogP contribution in [0.3, 0.4) is 0 Å². The predicted octanol–water partition coefficient (Wildman–Crippen LogP) is 3.49. The Morgan fingerprint density at radius 3 is 2.76 bits per heavy atom. The van der Waals surface area contributed by atoms with Crippen LogP contribution >= 0.6 is 11.3 Å². The van der Waals surface area contributed by atoms with Crippen LogP contribution in [0.1, 0.15) is 21.7 Å². The molecule has 21 heavy (non-hydrogen) atoms. The zero-order chi connectivity index (χ0) is 15.4. The molecule has 0 fully saturated rings. The SMILES string of the molecule is Cc1cc(C=CC(=O)O)ccc1N(C)Cc1scnc1C. The number of anilines is 1. The molecule has 1 aromatic carbocycles. The Kier molecular flexibility index (Phi) is 4.75. The standard InChI is InChI=1S/C16H18N2O2S/c1-11-8-13(5-7-16(19)20)4-6-14(11)18(3)9-15-12(2)17-10-21-15/h4-8,10H,9H2,1-3H3,(H,19,20). The molecule has 1 heterocycles. The van der Waals surface area contributed by atoms with E-state index < -0.39 is 5.97 Å². The number of benzene rings is 1. The number of carboxylic acids is 1. The van der Waals surface area contributed by atoms with Gasteiger partial charge >= 0.3 is 5.97 Å². The van der Waals surface area contributed by atoms with Crippen molar-refractivity contribution in [1.29, 1.82) is 0 Å². The third-order valence-corrected chi connectivity index (χ3v) is 4.20. The second-order valence-electron chi connectivity index (χ2n) is 4.93. The molecule has 1 aromatic heterocycles. The summed E-state index contributed by atoms with van der Waals surface area (Å²) in [6.45, 7) is 4.87. The number of nitrogens with zero attached hydrogens (tertiary/aromatic N) is 2. The normalized spacial score (nSPS) is 11.0. The van der Waals surface area contributed by atoms with E-state index >= 15 is 0 Å². The van der Waals surface area contributed by atoms with E-state index in [2.05, 4.69) is 9.88 Å². The average molecular weight is 302 g/mol. The molecule has 1 N–H and O–H groups in total. The van der Waals surface area contributed by atoms with Crippen LogP contribution in [0.25, 0.3) is 6.08 Å². The average Bonchev–Trinajstić information content (AvgIpc) is 2.82. The number of hydrogen-bond acceptors (Lipinski definition) is 4. The molecule has 0 bridgehead atoms. The van der Waals surface area contributed by atoms with Gasteiger partial charge in [-0.25, -0.2) is 9.78 Å². The summed E-state index contributed by atoms with van der Waals surface area (Å²) >= 11 is 1.66. The quantitative estimate of drug-likeness (QED) is 0.859. The molecule has 0 unspecified atom stereocenters. The summed E-state index contributed by atoms with van der Waals surface area (Å²) in [6, 6.07) is 5.94. The first-order valence-electron chi connectivity index (χ1n) is 6.59. The second kappa shape index (κ2) is 6.54. The van der Waals surface area contributed by atoms with Crippen LogP contribution in [0.4, 0.5) is 5.69 Å². The van der Waals surface area contributed by atoms with Gasteiger partial charge < -0.3 is 10.0 Å². The third-order valence-electron chi connectivity index (χ3n) is 3.28. The molecule has 0 aliphatic carbocycles. The van der Waals surface area contributed by atoms with Crippen LogP contribution in [-0.2, 0) is 11.3 Å². The van der Waals surface area contributed by atoms with Crippen molar-refractivity contribution in [1.82, 2.24) is 4.98 Å². The minimum Gasteiger partial charge on any atom is -0.478 e. The van der Waals surface area contributed by atoms with Gasteiger partial charge in [0.25, 0.3) is 0 Å². The first kappa shape index (κ1) is 15.3. The molecule has 110 valence electrons. The van der Waals surface area contributed by atoms with Gasteiger partial charge in [-0.1, -0.05) is 6.07 Å². The van der Waals surface area contributed by atoms with Crippen LogP contribution in [-0.4, -0.2) is 23.1 Å². The van der Waals surface area contributed by atoms with Gasteiger partial charge in [0, 0.05) is 23.7 Å². The van der Waals surface area contributed by atoms with E-state index in [1.807, 2.05) is 44.6 Å². The van der Waals surface area contributed by atoms with Crippen LogP contribution in [0.15, 0.2) is 29.8 Å². The number of hydrogen-bond donors (Lipinski definition) is 1. The molecule has 0 amide bonds. The number of carboxylic acid groups (broad SMARTS) is 1. The summed E-state index contributed by atoms with van der Waals surface area (Å²) in [6.07, 6.45) is 2.76. The molecule has 0 saturated carbocycles. The summed E-state index contributed by atoms with van der Waals surface area (Å²) < 4.78 is 0. The number of aliphatic carboxylic acids is 1. The summed E-state index contributed by atoms with van der Waals surface area (Å²) in [5.41, 5.74) is 6.08. The Labute approximate surface area is 128 Å². The Hall–Kier alpha value is -2.14. The van der Waals surface area contributed by atoms with E-state index in [1.165, 1.54) is 4.88 Å². The van der Waals surface area contributed by atoms with Gasteiger partial charge in [0.2, 0.25) is 0 Å². The van der Waals surface area contributed by atoms with Crippen LogP contribution < -0.4 is 4.90 Å². The first-order valence-corrected chi connectivity index (χ1v) is 7.47. The summed E-state index contributed by atoms with van der Waals surface area (Å²) in [7, 11) is 2.05. The Balaban J connectivity index is 2.16. The number of aromatic nitrogens is 1. The Morgan fingerprint density at radius 1 is 1.43 bits per heavy atom. The van der Waals surface area contributed by atoms with Gasteiger partial charge in [-0.3, -0.25) is 0 Å². The number of thiazole rings is 1. The summed E-state index contributed by atoms with van der Waals surface area (Å²) in [5.74, 6) is -0.936. The molecule has 0 spiro atoms. The van der Waals surface area contributed by atoms with E-state index in [1.54, 1.807) is 17.4 Å². The molecule has 4 nitrogen and oxygen atoms in total. The van der Waals surface area contributed by atoms with Gasteiger partial charge in [0.15, 0.2) is 0 Å². The minimum absolute atomic E-state index is 0.821. The van der Waals surface area contributed by atoms with E-state index in [4.69, 9.17) is 5.11 Å². The predicted molar refractivity (Wildman–Crippen MR) is 86.8 cm³/mol. The maximum atomic E-state index is 10.5. The Bertz CT molecular complexity index is 677. The minimum atomic E-state index is -0.936. The number of aryl methyl sites for hydroxylation is 2. The van der Waals surface area contributed by atoms with Crippen molar-refractivity contribution in [3.05, 3.63) is 51.5 Å². The first-order chi connectivity index (χ1) is 9.97. The fourth-order valence-corrected chi connectivity index (χ4v) is 2.99. The molecular formula is C16H18N2O2S. The van der Waals surface area contributed by atoms with E-state index in [0.717, 1.165) is 35.1 Å². The molecule has 0 atom stereocenters. The van der Waals surface area contributed by atoms with Crippen molar-refractivity contribution in [3.8, 4) is 0 Å². The zero-order valence-electron chi connectivity index (χ0n) is 12.3. The van der Waals surface area contributed by atoms with Crippen LogP contribution in [0.5, 0.6) is 0 Å². The highest BCUT2D eigenvalue weighted by molar-refractivity contribution is 7.09. The lowest BCUT2D eigenvalue weighted by Crippen LogP contribution is -2.17. The molecular weight excluding hydrogens is 284 g/mol. The summed E-state index contributed by atoms with van der Waals surface area (Å²) in [5, 5.41) is 8.66. The molecule has 2 rings (SSSR count). The van der Waals surface area contributed by atoms with Crippen molar-refractivity contribution in [2.45, 2.75) is 20.4 Å². The molecule has 0 aliphatic heterocycles. The van der Waals surface area contributed by atoms with Gasteiger partial charge in [0.1, 0.15) is 0 Å². The topological polar surface area (TPSA) is 53.4 Å². The van der Waals surface area contributed by atoms with E-state index in [0.29, 0.717) is 0 Å².